The third-order valence-electron chi connectivity index (χ3n) is 2.73. The Morgan fingerprint density at radius 3 is 2.50 bits per heavy atom. The third kappa shape index (κ3) is 1.81. The summed E-state index contributed by atoms with van der Waals surface area (Å²) in [4.78, 5) is 0. The van der Waals surface area contributed by atoms with E-state index in [1.807, 2.05) is 35.1 Å². The van der Waals surface area contributed by atoms with Gasteiger partial charge in [-0.05, 0) is 43.2 Å². The highest BCUT2D eigenvalue weighted by molar-refractivity contribution is 5.39. The van der Waals surface area contributed by atoms with Crippen LogP contribution in [0.3, 0.4) is 0 Å². The number of rotatable bonds is 3. The molecule has 0 spiro atoms. The summed E-state index contributed by atoms with van der Waals surface area (Å²) in [7, 11) is 1.67. The summed E-state index contributed by atoms with van der Waals surface area (Å²) in [6.07, 6.45) is 2.89. The number of methoxy groups -OCH3 is 1. The van der Waals surface area contributed by atoms with Crippen molar-refractivity contribution in [2.45, 2.75) is 20.3 Å². The summed E-state index contributed by atoms with van der Waals surface area (Å²) in [6, 6.07) is 7.94. The molecular formula is C13H16N2O. The molecule has 0 N–H and O–H groups in total. The molecular weight excluding hydrogens is 200 g/mol. The van der Waals surface area contributed by atoms with Crippen LogP contribution in [0.15, 0.2) is 30.5 Å². The van der Waals surface area contributed by atoms with Gasteiger partial charge < -0.3 is 4.74 Å². The van der Waals surface area contributed by atoms with E-state index >= 15 is 0 Å². The molecule has 3 nitrogen and oxygen atoms in total. The Labute approximate surface area is 95.7 Å². The first-order valence-electron chi connectivity index (χ1n) is 5.44. The maximum absolute atomic E-state index is 5.14. The quantitative estimate of drug-likeness (QED) is 0.788. The smallest absolute Gasteiger partial charge is 0.119 e. The number of hydrogen-bond acceptors (Lipinski definition) is 2. The molecule has 2 rings (SSSR count). The summed E-state index contributed by atoms with van der Waals surface area (Å²) in [6.45, 7) is 4.23. The largest absolute Gasteiger partial charge is 0.497 e. The molecule has 0 bridgehead atoms. The van der Waals surface area contributed by atoms with Gasteiger partial charge in [-0.2, -0.15) is 5.10 Å². The SMILES string of the molecule is CCc1c(C)cnn1-c1ccc(OC)cc1. The van der Waals surface area contributed by atoms with Crippen molar-refractivity contribution in [3.05, 3.63) is 41.7 Å². The summed E-state index contributed by atoms with van der Waals surface area (Å²) in [5, 5.41) is 4.39. The summed E-state index contributed by atoms with van der Waals surface area (Å²) in [5.41, 5.74) is 3.56. The minimum Gasteiger partial charge on any atom is -0.497 e. The van der Waals surface area contributed by atoms with Gasteiger partial charge >= 0.3 is 0 Å². The minimum absolute atomic E-state index is 0.866. The van der Waals surface area contributed by atoms with Crippen LogP contribution in [0.25, 0.3) is 5.69 Å². The molecule has 0 aliphatic carbocycles. The summed E-state index contributed by atoms with van der Waals surface area (Å²) in [5.74, 6) is 0.866. The first-order valence-corrected chi connectivity index (χ1v) is 5.44. The Morgan fingerprint density at radius 2 is 1.94 bits per heavy atom. The minimum atomic E-state index is 0.866. The monoisotopic (exact) mass is 216 g/mol. The van der Waals surface area contributed by atoms with E-state index in [9.17, 15) is 0 Å². The van der Waals surface area contributed by atoms with Crippen molar-refractivity contribution in [3.8, 4) is 11.4 Å². The van der Waals surface area contributed by atoms with E-state index in [0.717, 1.165) is 17.9 Å². The molecule has 1 aromatic heterocycles. The highest BCUT2D eigenvalue weighted by Gasteiger charge is 2.06. The van der Waals surface area contributed by atoms with Crippen molar-refractivity contribution in [1.82, 2.24) is 9.78 Å². The lowest BCUT2D eigenvalue weighted by Crippen LogP contribution is -2.01. The molecule has 0 amide bonds. The molecule has 0 unspecified atom stereocenters. The van der Waals surface area contributed by atoms with Crippen LogP contribution in [0, 0.1) is 6.92 Å². The van der Waals surface area contributed by atoms with Crippen LogP contribution in [0.1, 0.15) is 18.2 Å². The maximum atomic E-state index is 5.14. The first kappa shape index (κ1) is 10.7. The van der Waals surface area contributed by atoms with E-state index in [-0.39, 0.29) is 0 Å². The van der Waals surface area contributed by atoms with E-state index in [1.54, 1.807) is 7.11 Å². The Hall–Kier alpha value is -1.77. The predicted molar refractivity (Wildman–Crippen MR) is 64.2 cm³/mol. The van der Waals surface area contributed by atoms with Crippen LogP contribution in [-0.4, -0.2) is 16.9 Å². The van der Waals surface area contributed by atoms with Crippen LogP contribution in [-0.2, 0) is 6.42 Å². The molecule has 1 heterocycles. The zero-order chi connectivity index (χ0) is 11.5. The Bertz CT molecular complexity index is 471. The average molecular weight is 216 g/mol. The van der Waals surface area contributed by atoms with Gasteiger partial charge in [-0.25, -0.2) is 4.68 Å². The van der Waals surface area contributed by atoms with Gasteiger partial charge in [0, 0.05) is 5.69 Å². The highest BCUT2D eigenvalue weighted by Crippen LogP contribution is 2.18. The number of ether oxygens (including phenoxy) is 1. The predicted octanol–water partition coefficient (Wildman–Crippen LogP) is 2.75. The van der Waals surface area contributed by atoms with Crippen LogP contribution in [0.2, 0.25) is 0 Å². The molecule has 0 radical (unpaired) electrons. The van der Waals surface area contributed by atoms with Crippen molar-refractivity contribution in [3.63, 3.8) is 0 Å². The lowest BCUT2D eigenvalue weighted by Gasteiger charge is -2.07. The number of nitrogens with zero attached hydrogens (tertiary/aromatic N) is 2. The van der Waals surface area contributed by atoms with Crippen molar-refractivity contribution in [2.75, 3.05) is 7.11 Å². The number of hydrogen-bond donors (Lipinski definition) is 0. The molecule has 0 aliphatic rings. The molecule has 84 valence electrons. The fraction of sp³-hybridized carbons (Fsp3) is 0.308. The van der Waals surface area contributed by atoms with E-state index in [2.05, 4.69) is 18.9 Å². The molecule has 0 aliphatic heterocycles. The van der Waals surface area contributed by atoms with E-state index in [4.69, 9.17) is 4.74 Å². The van der Waals surface area contributed by atoms with Gasteiger partial charge in [0.2, 0.25) is 0 Å². The number of aryl methyl sites for hydroxylation is 1. The second-order valence-corrected chi connectivity index (χ2v) is 3.74. The second kappa shape index (κ2) is 4.39. The first-order chi connectivity index (χ1) is 7.76. The molecule has 0 saturated carbocycles. The topological polar surface area (TPSA) is 27.1 Å². The molecule has 2 aromatic rings. The van der Waals surface area contributed by atoms with Gasteiger partial charge in [0.15, 0.2) is 0 Å². The standard InChI is InChI=1S/C13H16N2O/c1-4-13-10(2)9-14-15(13)11-5-7-12(16-3)8-6-11/h5-9H,4H2,1-3H3. The van der Waals surface area contributed by atoms with E-state index < -0.39 is 0 Å². The molecule has 0 fully saturated rings. The molecule has 3 heteroatoms. The lowest BCUT2D eigenvalue weighted by molar-refractivity contribution is 0.414. The van der Waals surface area contributed by atoms with Gasteiger partial charge in [-0.1, -0.05) is 6.92 Å². The zero-order valence-corrected chi connectivity index (χ0v) is 9.90. The van der Waals surface area contributed by atoms with Crippen LogP contribution in [0.5, 0.6) is 5.75 Å². The van der Waals surface area contributed by atoms with Gasteiger partial charge in [0.1, 0.15) is 5.75 Å². The Morgan fingerprint density at radius 1 is 1.25 bits per heavy atom. The summed E-state index contributed by atoms with van der Waals surface area (Å²) < 4.78 is 7.12. The molecule has 0 atom stereocenters. The Balaban J connectivity index is 2.42. The average Bonchev–Trinajstić information content (AvgIpc) is 2.70. The zero-order valence-electron chi connectivity index (χ0n) is 9.90. The highest BCUT2D eigenvalue weighted by atomic mass is 16.5. The number of aromatic nitrogens is 2. The van der Waals surface area contributed by atoms with Crippen molar-refractivity contribution in [2.24, 2.45) is 0 Å². The van der Waals surface area contributed by atoms with Crippen LogP contribution >= 0.6 is 0 Å². The third-order valence-corrected chi connectivity index (χ3v) is 2.73. The van der Waals surface area contributed by atoms with Gasteiger partial charge in [-0.15, -0.1) is 0 Å². The normalized spacial score (nSPS) is 10.4. The van der Waals surface area contributed by atoms with Crippen LogP contribution in [0.4, 0.5) is 0 Å². The lowest BCUT2D eigenvalue weighted by atomic mass is 10.2. The van der Waals surface area contributed by atoms with Gasteiger partial charge in [0.25, 0.3) is 0 Å². The Kier molecular flexibility index (Phi) is 2.95. The van der Waals surface area contributed by atoms with E-state index in [0.29, 0.717) is 0 Å². The molecule has 0 saturated heterocycles. The van der Waals surface area contributed by atoms with Gasteiger partial charge in [-0.3, -0.25) is 0 Å². The van der Waals surface area contributed by atoms with Crippen molar-refractivity contribution in [1.29, 1.82) is 0 Å². The van der Waals surface area contributed by atoms with Crippen LogP contribution < -0.4 is 4.74 Å². The summed E-state index contributed by atoms with van der Waals surface area (Å²) >= 11 is 0. The number of benzene rings is 1. The molecule has 16 heavy (non-hydrogen) atoms. The fourth-order valence-electron chi connectivity index (χ4n) is 1.83. The van der Waals surface area contributed by atoms with Crippen molar-refractivity contribution < 1.29 is 4.74 Å². The van der Waals surface area contributed by atoms with Crippen molar-refractivity contribution >= 4 is 0 Å². The fourth-order valence-corrected chi connectivity index (χ4v) is 1.83. The van der Waals surface area contributed by atoms with E-state index in [1.165, 1.54) is 11.3 Å². The van der Waals surface area contributed by atoms with Gasteiger partial charge in [0.05, 0.1) is 19.0 Å². The second-order valence-electron chi connectivity index (χ2n) is 3.74. The maximum Gasteiger partial charge on any atom is 0.119 e. The molecule has 1 aromatic carbocycles.